The first-order valence-corrected chi connectivity index (χ1v) is 10.0. The molecule has 0 aliphatic carbocycles. The number of H-pyrrole nitrogens is 1. The standard InChI is InChI=1S/C20H22N4O2S/c25-19(14-27-20-22-17-3-1-2-4-18(17)23-20)21-16-7-5-15(6-8-16)13-24-9-11-26-12-10-24/h1-8H,9-14H2,(H,21,25)(H,22,23). The lowest BCUT2D eigenvalue weighted by Crippen LogP contribution is -2.35. The van der Waals surface area contributed by atoms with Gasteiger partial charge in [0.15, 0.2) is 5.16 Å². The number of morpholine rings is 1. The zero-order valence-electron chi connectivity index (χ0n) is 15.0. The van der Waals surface area contributed by atoms with Crippen molar-refractivity contribution in [2.75, 3.05) is 37.4 Å². The van der Waals surface area contributed by atoms with Crippen LogP contribution in [-0.4, -0.2) is 52.8 Å². The second-order valence-corrected chi connectivity index (χ2v) is 7.45. The molecule has 0 atom stereocenters. The van der Waals surface area contributed by atoms with Crippen molar-refractivity contribution in [2.24, 2.45) is 0 Å². The number of amides is 1. The minimum Gasteiger partial charge on any atom is -0.379 e. The normalized spacial score (nSPS) is 15.1. The molecule has 6 nitrogen and oxygen atoms in total. The average Bonchev–Trinajstić information content (AvgIpc) is 3.12. The van der Waals surface area contributed by atoms with Crippen LogP contribution < -0.4 is 5.32 Å². The van der Waals surface area contributed by atoms with Crippen LogP contribution in [0.25, 0.3) is 11.0 Å². The molecule has 1 aliphatic heterocycles. The monoisotopic (exact) mass is 382 g/mol. The average molecular weight is 382 g/mol. The Bertz CT molecular complexity index is 871. The number of imidazole rings is 1. The van der Waals surface area contributed by atoms with Crippen LogP contribution in [0.15, 0.2) is 53.7 Å². The van der Waals surface area contributed by atoms with Crippen LogP contribution in [0, 0.1) is 0 Å². The number of rotatable bonds is 6. The number of carbonyl (C=O) groups is 1. The van der Waals surface area contributed by atoms with Crippen molar-refractivity contribution in [1.29, 1.82) is 0 Å². The van der Waals surface area contributed by atoms with E-state index in [2.05, 4.69) is 32.3 Å². The maximum Gasteiger partial charge on any atom is 0.234 e. The first-order chi connectivity index (χ1) is 13.3. The van der Waals surface area contributed by atoms with E-state index >= 15 is 0 Å². The fourth-order valence-corrected chi connectivity index (χ4v) is 3.72. The van der Waals surface area contributed by atoms with Gasteiger partial charge >= 0.3 is 0 Å². The molecule has 1 aliphatic rings. The summed E-state index contributed by atoms with van der Waals surface area (Å²) < 4.78 is 5.37. The van der Waals surface area contributed by atoms with Crippen LogP contribution in [0.2, 0.25) is 0 Å². The predicted molar refractivity (Wildman–Crippen MR) is 108 cm³/mol. The van der Waals surface area contributed by atoms with Crippen LogP contribution in [0.1, 0.15) is 5.56 Å². The Morgan fingerprint density at radius 3 is 2.70 bits per heavy atom. The SMILES string of the molecule is O=C(CSc1nc2ccccc2[nH]1)Nc1ccc(CN2CCOCC2)cc1. The highest BCUT2D eigenvalue weighted by Gasteiger charge is 2.11. The maximum atomic E-state index is 12.2. The van der Waals surface area contributed by atoms with E-state index in [1.807, 2.05) is 36.4 Å². The summed E-state index contributed by atoms with van der Waals surface area (Å²) in [6.45, 7) is 4.46. The van der Waals surface area contributed by atoms with Crippen molar-refractivity contribution in [3.63, 3.8) is 0 Å². The van der Waals surface area contributed by atoms with E-state index in [0.29, 0.717) is 5.75 Å². The number of hydrogen-bond acceptors (Lipinski definition) is 5. The number of para-hydroxylation sites is 2. The minimum atomic E-state index is -0.0404. The van der Waals surface area contributed by atoms with Gasteiger partial charge in [0.1, 0.15) is 0 Å². The van der Waals surface area contributed by atoms with Crippen LogP contribution in [0.5, 0.6) is 0 Å². The lowest BCUT2D eigenvalue weighted by Gasteiger charge is -2.26. The number of nitrogens with one attached hydrogen (secondary N) is 2. The first-order valence-electron chi connectivity index (χ1n) is 9.03. The molecule has 0 bridgehead atoms. The van der Waals surface area contributed by atoms with Gasteiger partial charge in [-0.05, 0) is 29.8 Å². The third-order valence-electron chi connectivity index (χ3n) is 4.46. The Labute approximate surface area is 162 Å². The Hall–Kier alpha value is -2.35. The Balaban J connectivity index is 1.27. The number of fused-ring (bicyclic) bond motifs is 1. The van der Waals surface area contributed by atoms with Crippen molar-refractivity contribution in [3.05, 3.63) is 54.1 Å². The molecule has 0 radical (unpaired) electrons. The van der Waals surface area contributed by atoms with Crippen LogP contribution in [-0.2, 0) is 16.1 Å². The van der Waals surface area contributed by atoms with E-state index in [0.717, 1.165) is 54.7 Å². The van der Waals surface area contributed by atoms with Crippen LogP contribution >= 0.6 is 11.8 Å². The molecule has 2 aromatic carbocycles. The van der Waals surface area contributed by atoms with E-state index in [1.54, 1.807) is 0 Å². The van der Waals surface area contributed by atoms with E-state index in [4.69, 9.17) is 4.74 Å². The molecule has 140 valence electrons. The van der Waals surface area contributed by atoms with E-state index in [-0.39, 0.29) is 5.91 Å². The molecule has 0 unspecified atom stereocenters. The summed E-state index contributed by atoms with van der Waals surface area (Å²) in [6, 6.07) is 15.9. The summed E-state index contributed by atoms with van der Waals surface area (Å²) >= 11 is 1.40. The number of benzene rings is 2. The number of thioether (sulfide) groups is 1. The zero-order valence-corrected chi connectivity index (χ0v) is 15.8. The molecule has 1 fully saturated rings. The topological polar surface area (TPSA) is 70.2 Å². The summed E-state index contributed by atoms with van der Waals surface area (Å²) in [5, 5.41) is 3.70. The molecule has 4 rings (SSSR count). The summed E-state index contributed by atoms with van der Waals surface area (Å²) in [7, 11) is 0. The van der Waals surface area contributed by atoms with E-state index in [1.165, 1.54) is 17.3 Å². The van der Waals surface area contributed by atoms with Gasteiger partial charge in [0.05, 0.1) is 30.0 Å². The van der Waals surface area contributed by atoms with Gasteiger partial charge in [-0.1, -0.05) is 36.0 Å². The number of anilines is 1. The zero-order chi connectivity index (χ0) is 18.5. The molecule has 0 spiro atoms. The van der Waals surface area contributed by atoms with Gasteiger partial charge in [-0.25, -0.2) is 4.98 Å². The third kappa shape index (κ3) is 4.88. The van der Waals surface area contributed by atoms with Gasteiger partial charge in [0.2, 0.25) is 5.91 Å². The van der Waals surface area contributed by atoms with Crippen molar-refractivity contribution < 1.29 is 9.53 Å². The Morgan fingerprint density at radius 2 is 1.93 bits per heavy atom. The van der Waals surface area contributed by atoms with E-state index < -0.39 is 0 Å². The lowest BCUT2D eigenvalue weighted by atomic mass is 10.2. The van der Waals surface area contributed by atoms with Gasteiger partial charge in [0.25, 0.3) is 0 Å². The molecule has 27 heavy (non-hydrogen) atoms. The van der Waals surface area contributed by atoms with Gasteiger partial charge in [-0.15, -0.1) is 0 Å². The van der Waals surface area contributed by atoms with Crippen LogP contribution in [0.4, 0.5) is 5.69 Å². The molecule has 2 heterocycles. The van der Waals surface area contributed by atoms with Gasteiger partial charge in [-0.3, -0.25) is 9.69 Å². The highest BCUT2D eigenvalue weighted by Crippen LogP contribution is 2.19. The maximum absolute atomic E-state index is 12.2. The molecule has 3 aromatic rings. The Kier molecular flexibility index (Phi) is 5.72. The molecule has 2 N–H and O–H groups in total. The number of ether oxygens (including phenoxy) is 1. The number of nitrogens with zero attached hydrogens (tertiary/aromatic N) is 2. The first kappa shape index (κ1) is 18.0. The number of carbonyl (C=O) groups excluding carboxylic acids is 1. The largest absolute Gasteiger partial charge is 0.379 e. The summed E-state index contributed by atoms with van der Waals surface area (Å²) in [4.78, 5) is 22.3. The number of hydrogen-bond donors (Lipinski definition) is 2. The van der Waals surface area contributed by atoms with Gasteiger partial charge in [0, 0.05) is 25.3 Å². The van der Waals surface area contributed by atoms with Gasteiger partial charge in [-0.2, -0.15) is 0 Å². The predicted octanol–water partition coefficient (Wildman–Crippen LogP) is 3.13. The van der Waals surface area contributed by atoms with Crippen molar-refractivity contribution >= 4 is 34.4 Å². The fourth-order valence-electron chi connectivity index (χ4n) is 3.04. The molecule has 1 amide bonds. The molecular formula is C20H22N4O2S. The molecule has 1 saturated heterocycles. The smallest absolute Gasteiger partial charge is 0.234 e. The molecule has 1 aromatic heterocycles. The molecular weight excluding hydrogens is 360 g/mol. The number of aromatic amines is 1. The second kappa shape index (κ2) is 8.56. The van der Waals surface area contributed by atoms with Crippen molar-refractivity contribution in [3.8, 4) is 0 Å². The third-order valence-corrected chi connectivity index (χ3v) is 5.33. The lowest BCUT2D eigenvalue weighted by molar-refractivity contribution is -0.113. The highest BCUT2D eigenvalue weighted by molar-refractivity contribution is 7.99. The molecule has 0 saturated carbocycles. The van der Waals surface area contributed by atoms with E-state index in [9.17, 15) is 4.79 Å². The van der Waals surface area contributed by atoms with Crippen molar-refractivity contribution in [1.82, 2.24) is 14.9 Å². The van der Waals surface area contributed by atoms with Crippen molar-refractivity contribution in [2.45, 2.75) is 11.7 Å². The summed E-state index contributed by atoms with van der Waals surface area (Å²) in [6.07, 6.45) is 0. The summed E-state index contributed by atoms with van der Waals surface area (Å²) in [5.74, 6) is 0.274. The fraction of sp³-hybridized carbons (Fsp3) is 0.300. The van der Waals surface area contributed by atoms with Gasteiger partial charge < -0.3 is 15.0 Å². The second-order valence-electron chi connectivity index (χ2n) is 6.48. The molecule has 7 heteroatoms. The highest BCUT2D eigenvalue weighted by atomic mass is 32.2. The Morgan fingerprint density at radius 1 is 1.15 bits per heavy atom. The minimum absolute atomic E-state index is 0.0404. The number of aromatic nitrogens is 2. The van der Waals surface area contributed by atoms with Crippen LogP contribution in [0.3, 0.4) is 0 Å². The summed E-state index contributed by atoms with van der Waals surface area (Å²) in [5.41, 5.74) is 3.95. The quantitative estimate of drug-likeness (QED) is 0.641.